The predicted octanol–water partition coefficient (Wildman–Crippen LogP) is 1.15. The minimum atomic E-state index is -0.171. The molecule has 3 atom stereocenters. The molecule has 0 bridgehead atoms. The van der Waals surface area contributed by atoms with Gasteiger partial charge in [0.05, 0.1) is 6.04 Å². The third-order valence-corrected chi connectivity index (χ3v) is 3.09. The Morgan fingerprint density at radius 3 is 2.53 bits per heavy atom. The number of carbonyl (C=O) groups excluding carboxylic acids is 1. The van der Waals surface area contributed by atoms with Gasteiger partial charge in [-0.3, -0.25) is 4.79 Å². The second-order valence-corrected chi connectivity index (χ2v) is 6.25. The van der Waals surface area contributed by atoms with Crippen LogP contribution in [0.1, 0.15) is 53.4 Å². The predicted molar refractivity (Wildman–Crippen MR) is 70.7 cm³/mol. The van der Waals surface area contributed by atoms with E-state index in [0.717, 1.165) is 25.7 Å². The standard InChI is InChI=1S/C13H27N3O/c1-9(12(17)16-13(2,3)4)15-11-7-5-6-10(14)8-11/h9-11,15H,5-8,14H2,1-4H3,(H,16,17). The van der Waals surface area contributed by atoms with Gasteiger partial charge in [-0.2, -0.15) is 0 Å². The van der Waals surface area contributed by atoms with E-state index in [1.165, 1.54) is 0 Å². The molecule has 0 spiro atoms. The van der Waals surface area contributed by atoms with E-state index in [1.54, 1.807) is 0 Å². The van der Waals surface area contributed by atoms with Crippen molar-refractivity contribution in [1.82, 2.24) is 10.6 Å². The molecule has 1 amide bonds. The number of nitrogens with two attached hydrogens (primary N) is 1. The molecule has 4 nitrogen and oxygen atoms in total. The molecular formula is C13H27N3O. The Morgan fingerprint density at radius 2 is 2.00 bits per heavy atom. The van der Waals surface area contributed by atoms with Gasteiger partial charge < -0.3 is 16.4 Å². The highest BCUT2D eigenvalue weighted by Crippen LogP contribution is 2.17. The van der Waals surface area contributed by atoms with Gasteiger partial charge in [0.25, 0.3) is 0 Å². The lowest BCUT2D eigenvalue weighted by Crippen LogP contribution is -2.53. The van der Waals surface area contributed by atoms with Gasteiger partial charge in [-0.05, 0) is 47.0 Å². The summed E-state index contributed by atoms with van der Waals surface area (Å²) >= 11 is 0. The summed E-state index contributed by atoms with van der Waals surface area (Å²) in [6.45, 7) is 7.90. The monoisotopic (exact) mass is 241 g/mol. The summed E-state index contributed by atoms with van der Waals surface area (Å²) < 4.78 is 0. The van der Waals surface area contributed by atoms with Crippen LogP contribution < -0.4 is 16.4 Å². The first-order valence-electron chi connectivity index (χ1n) is 6.61. The molecule has 1 rings (SSSR count). The molecule has 3 unspecified atom stereocenters. The van der Waals surface area contributed by atoms with Gasteiger partial charge in [-0.1, -0.05) is 6.42 Å². The summed E-state index contributed by atoms with van der Waals surface area (Å²) in [7, 11) is 0. The molecule has 0 aliphatic heterocycles. The average Bonchev–Trinajstić information content (AvgIpc) is 2.14. The molecule has 4 heteroatoms. The lowest BCUT2D eigenvalue weighted by molar-refractivity contribution is -0.124. The van der Waals surface area contributed by atoms with Crippen LogP contribution in [-0.4, -0.2) is 29.6 Å². The van der Waals surface area contributed by atoms with E-state index < -0.39 is 0 Å². The second kappa shape index (κ2) is 5.83. The molecule has 0 saturated heterocycles. The fourth-order valence-corrected chi connectivity index (χ4v) is 2.29. The summed E-state index contributed by atoms with van der Waals surface area (Å²) in [6, 6.07) is 0.531. The fourth-order valence-electron chi connectivity index (χ4n) is 2.29. The summed E-state index contributed by atoms with van der Waals surface area (Å²) in [5.74, 6) is 0.0663. The van der Waals surface area contributed by atoms with Crippen molar-refractivity contribution in [1.29, 1.82) is 0 Å². The quantitative estimate of drug-likeness (QED) is 0.694. The van der Waals surface area contributed by atoms with Crippen LogP contribution in [0.25, 0.3) is 0 Å². The summed E-state index contributed by atoms with van der Waals surface area (Å²) in [5.41, 5.74) is 5.77. The van der Waals surface area contributed by atoms with Gasteiger partial charge >= 0.3 is 0 Å². The van der Waals surface area contributed by atoms with Crippen molar-refractivity contribution in [3.05, 3.63) is 0 Å². The number of carbonyl (C=O) groups is 1. The lowest BCUT2D eigenvalue weighted by Gasteiger charge is -2.31. The van der Waals surface area contributed by atoms with Crippen LogP contribution in [0.5, 0.6) is 0 Å². The molecule has 0 heterocycles. The van der Waals surface area contributed by atoms with E-state index in [2.05, 4.69) is 10.6 Å². The molecule has 0 aromatic rings. The zero-order valence-corrected chi connectivity index (χ0v) is 11.5. The Hall–Kier alpha value is -0.610. The smallest absolute Gasteiger partial charge is 0.237 e. The van der Waals surface area contributed by atoms with Gasteiger partial charge in [-0.15, -0.1) is 0 Å². The highest BCUT2D eigenvalue weighted by molar-refractivity contribution is 5.81. The van der Waals surface area contributed by atoms with Crippen molar-refractivity contribution in [2.75, 3.05) is 0 Å². The van der Waals surface area contributed by atoms with E-state index in [4.69, 9.17) is 5.73 Å². The molecule has 1 fully saturated rings. The zero-order valence-electron chi connectivity index (χ0n) is 11.5. The maximum absolute atomic E-state index is 11.9. The molecule has 1 saturated carbocycles. The Morgan fingerprint density at radius 1 is 1.35 bits per heavy atom. The first-order valence-corrected chi connectivity index (χ1v) is 6.61. The minimum absolute atomic E-state index is 0.0663. The number of rotatable bonds is 3. The molecule has 0 radical (unpaired) electrons. The van der Waals surface area contributed by atoms with Crippen LogP contribution in [0.3, 0.4) is 0 Å². The van der Waals surface area contributed by atoms with Gasteiger partial charge in [0.15, 0.2) is 0 Å². The average molecular weight is 241 g/mol. The van der Waals surface area contributed by atoms with Crippen molar-refractivity contribution in [3.63, 3.8) is 0 Å². The van der Waals surface area contributed by atoms with E-state index in [1.807, 2.05) is 27.7 Å². The van der Waals surface area contributed by atoms with Crippen LogP contribution in [0, 0.1) is 0 Å². The topological polar surface area (TPSA) is 67.1 Å². The largest absolute Gasteiger partial charge is 0.350 e. The highest BCUT2D eigenvalue weighted by atomic mass is 16.2. The summed E-state index contributed by atoms with van der Waals surface area (Å²) in [4.78, 5) is 11.9. The van der Waals surface area contributed by atoms with Crippen molar-refractivity contribution >= 4 is 5.91 Å². The SMILES string of the molecule is CC(NC1CCCC(N)C1)C(=O)NC(C)(C)C. The van der Waals surface area contributed by atoms with Gasteiger partial charge in [0, 0.05) is 17.6 Å². The van der Waals surface area contributed by atoms with Gasteiger partial charge in [0.1, 0.15) is 0 Å². The third-order valence-electron chi connectivity index (χ3n) is 3.09. The molecule has 4 N–H and O–H groups in total. The second-order valence-electron chi connectivity index (χ2n) is 6.25. The number of hydrogen-bond donors (Lipinski definition) is 3. The van der Waals surface area contributed by atoms with Crippen LogP contribution in [0.2, 0.25) is 0 Å². The van der Waals surface area contributed by atoms with Gasteiger partial charge in [-0.25, -0.2) is 0 Å². The Bertz CT molecular complexity index is 260. The molecular weight excluding hydrogens is 214 g/mol. The minimum Gasteiger partial charge on any atom is -0.350 e. The van der Waals surface area contributed by atoms with Crippen molar-refractivity contribution in [2.45, 2.75) is 77.0 Å². The Labute approximate surface area is 105 Å². The van der Waals surface area contributed by atoms with E-state index in [0.29, 0.717) is 12.1 Å². The van der Waals surface area contributed by atoms with E-state index in [-0.39, 0.29) is 17.5 Å². The van der Waals surface area contributed by atoms with Gasteiger partial charge in [0.2, 0.25) is 5.91 Å². The van der Waals surface area contributed by atoms with Crippen LogP contribution in [-0.2, 0) is 4.79 Å². The van der Waals surface area contributed by atoms with Crippen LogP contribution in [0.15, 0.2) is 0 Å². The Balaban J connectivity index is 2.37. The molecule has 17 heavy (non-hydrogen) atoms. The highest BCUT2D eigenvalue weighted by Gasteiger charge is 2.24. The molecule has 1 aliphatic carbocycles. The normalized spacial score (nSPS) is 27.6. The number of amides is 1. The summed E-state index contributed by atoms with van der Waals surface area (Å²) in [5, 5.41) is 6.37. The lowest BCUT2D eigenvalue weighted by atomic mass is 9.91. The maximum Gasteiger partial charge on any atom is 0.237 e. The first-order chi connectivity index (χ1) is 7.78. The first kappa shape index (κ1) is 14.5. The molecule has 0 aromatic carbocycles. The van der Waals surface area contributed by atoms with E-state index >= 15 is 0 Å². The van der Waals surface area contributed by atoms with Crippen LogP contribution >= 0.6 is 0 Å². The fraction of sp³-hybridized carbons (Fsp3) is 0.923. The zero-order chi connectivity index (χ0) is 13.1. The van der Waals surface area contributed by atoms with E-state index in [9.17, 15) is 4.79 Å². The van der Waals surface area contributed by atoms with Crippen LogP contribution in [0.4, 0.5) is 0 Å². The Kier molecular flexibility index (Phi) is 4.95. The number of nitrogens with one attached hydrogen (secondary N) is 2. The number of hydrogen-bond acceptors (Lipinski definition) is 3. The van der Waals surface area contributed by atoms with Crippen molar-refractivity contribution in [2.24, 2.45) is 5.73 Å². The maximum atomic E-state index is 11.9. The van der Waals surface area contributed by atoms with Crippen molar-refractivity contribution < 1.29 is 4.79 Å². The summed E-state index contributed by atoms with van der Waals surface area (Å²) in [6.07, 6.45) is 4.38. The van der Waals surface area contributed by atoms with Crippen molar-refractivity contribution in [3.8, 4) is 0 Å². The molecule has 100 valence electrons. The molecule has 1 aliphatic rings. The molecule has 0 aromatic heterocycles. The third kappa shape index (κ3) is 5.50.